The van der Waals surface area contributed by atoms with Crippen molar-refractivity contribution in [1.29, 1.82) is 0 Å². The van der Waals surface area contributed by atoms with E-state index in [1.807, 2.05) is 37.3 Å². The zero-order valence-corrected chi connectivity index (χ0v) is 9.87. The van der Waals surface area contributed by atoms with Crippen LogP contribution in [0, 0.1) is 6.92 Å². The van der Waals surface area contributed by atoms with Gasteiger partial charge in [-0.1, -0.05) is 30.3 Å². The molecule has 2 N–H and O–H groups in total. The molecule has 88 valence electrons. The van der Waals surface area contributed by atoms with Gasteiger partial charge in [-0.3, -0.25) is 0 Å². The van der Waals surface area contributed by atoms with Gasteiger partial charge < -0.3 is 10.3 Å². The molecule has 2 aromatic rings. The highest BCUT2D eigenvalue weighted by Crippen LogP contribution is 2.37. The zero-order chi connectivity index (χ0) is 11.8. The van der Waals surface area contributed by atoms with Crippen molar-refractivity contribution in [3.8, 4) is 0 Å². The van der Waals surface area contributed by atoms with Gasteiger partial charge in [0.2, 0.25) is 0 Å². The largest absolute Gasteiger partial charge is 0.318 e. The second-order valence-electron chi connectivity index (χ2n) is 4.59. The summed E-state index contributed by atoms with van der Waals surface area (Å²) >= 11 is 0. The van der Waals surface area contributed by atoms with Crippen LogP contribution in [0.25, 0.3) is 0 Å². The second kappa shape index (κ2) is 3.96. The van der Waals surface area contributed by atoms with Gasteiger partial charge in [0.1, 0.15) is 5.82 Å². The van der Waals surface area contributed by atoms with E-state index in [1.165, 1.54) is 12.8 Å². The maximum Gasteiger partial charge on any atom is 0.154 e. The topological polar surface area (TPSA) is 56.7 Å². The van der Waals surface area contributed by atoms with Gasteiger partial charge in [0.05, 0.1) is 6.04 Å². The van der Waals surface area contributed by atoms with Crippen molar-refractivity contribution >= 4 is 0 Å². The first kappa shape index (κ1) is 10.5. The van der Waals surface area contributed by atoms with Gasteiger partial charge in [-0.15, -0.1) is 10.2 Å². The van der Waals surface area contributed by atoms with E-state index < -0.39 is 0 Å². The molecule has 0 saturated heterocycles. The summed E-state index contributed by atoms with van der Waals surface area (Å²) in [5, 5.41) is 8.40. The van der Waals surface area contributed by atoms with Crippen LogP contribution < -0.4 is 5.73 Å². The van der Waals surface area contributed by atoms with Gasteiger partial charge in [-0.05, 0) is 25.3 Å². The van der Waals surface area contributed by atoms with Crippen molar-refractivity contribution < 1.29 is 0 Å². The highest BCUT2D eigenvalue weighted by molar-refractivity contribution is 5.25. The van der Waals surface area contributed by atoms with Crippen molar-refractivity contribution in [2.45, 2.75) is 31.8 Å². The lowest BCUT2D eigenvalue weighted by molar-refractivity contribution is 0.630. The molecule has 0 amide bonds. The molecule has 17 heavy (non-hydrogen) atoms. The van der Waals surface area contributed by atoms with Gasteiger partial charge in [-0.2, -0.15) is 0 Å². The van der Waals surface area contributed by atoms with Crippen LogP contribution in [0.15, 0.2) is 30.3 Å². The summed E-state index contributed by atoms with van der Waals surface area (Å²) in [6.45, 7) is 1.99. The van der Waals surface area contributed by atoms with Crippen LogP contribution in [-0.2, 0) is 0 Å². The first-order valence-electron chi connectivity index (χ1n) is 5.99. The fourth-order valence-electron chi connectivity index (χ4n) is 2.19. The zero-order valence-electron chi connectivity index (χ0n) is 9.87. The molecule has 0 aliphatic heterocycles. The minimum absolute atomic E-state index is 0.182. The Balaban J connectivity index is 1.99. The number of aromatic nitrogens is 3. The number of hydrogen-bond acceptors (Lipinski definition) is 3. The van der Waals surface area contributed by atoms with E-state index in [0.717, 1.165) is 17.2 Å². The molecule has 3 rings (SSSR count). The average molecular weight is 228 g/mol. The van der Waals surface area contributed by atoms with Gasteiger partial charge in [-0.25, -0.2) is 0 Å². The minimum atomic E-state index is -0.182. The van der Waals surface area contributed by atoms with Crippen LogP contribution >= 0.6 is 0 Å². The molecule has 4 heteroatoms. The standard InChI is InChI=1S/C13H16N4/c1-9-15-16-13(17(9)11-7-8-11)12(14)10-5-3-2-4-6-10/h2-6,11-12H,7-8,14H2,1H3. The molecule has 4 nitrogen and oxygen atoms in total. The second-order valence-corrected chi connectivity index (χ2v) is 4.59. The normalized spacial score (nSPS) is 17.1. The Morgan fingerprint density at radius 1 is 1.24 bits per heavy atom. The van der Waals surface area contributed by atoms with E-state index in [9.17, 15) is 0 Å². The molecule has 1 fully saturated rings. The monoisotopic (exact) mass is 228 g/mol. The Hall–Kier alpha value is -1.68. The van der Waals surface area contributed by atoms with Gasteiger partial charge in [0.25, 0.3) is 0 Å². The van der Waals surface area contributed by atoms with E-state index in [1.54, 1.807) is 0 Å². The van der Waals surface area contributed by atoms with Crippen molar-refractivity contribution in [3.05, 3.63) is 47.5 Å². The predicted molar refractivity (Wildman–Crippen MR) is 65.5 cm³/mol. The molecular formula is C13H16N4. The lowest BCUT2D eigenvalue weighted by Gasteiger charge is -2.13. The minimum Gasteiger partial charge on any atom is -0.318 e. The van der Waals surface area contributed by atoms with Crippen LogP contribution in [0.4, 0.5) is 0 Å². The SMILES string of the molecule is Cc1nnc(C(N)c2ccccc2)n1C1CC1. The smallest absolute Gasteiger partial charge is 0.154 e. The quantitative estimate of drug-likeness (QED) is 0.873. The summed E-state index contributed by atoms with van der Waals surface area (Å²) in [6.07, 6.45) is 2.43. The van der Waals surface area contributed by atoms with Crippen LogP contribution in [0.2, 0.25) is 0 Å². The molecule has 1 aromatic carbocycles. The molecule has 1 aliphatic rings. The molecule has 0 radical (unpaired) electrons. The van der Waals surface area contributed by atoms with Crippen molar-refractivity contribution in [2.75, 3.05) is 0 Å². The Labute approximate surface area is 100 Å². The molecule has 0 bridgehead atoms. The van der Waals surface area contributed by atoms with Crippen molar-refractivity contribution in [1.82, 2.24) is 14.8 Å². The third-order valence-corrected chi connectivity index (χ3v) is 3.24. The Kier molecular flexibility index (Phi) is 2.44. The van der Waals surface area contributed by atoms with E-state index in [-0.39, 0.29) is 6.04 Å². The van der Waals surface area contributed by atoms with E-state index in [0.29, 0.717) is 6.04 Å². The Morgan fingerprint density at radius 3 is 2.59 bits per heavy atom. The molecule has 1 atom stereocenters. The predicted octanol–water partition coefficient (Wildman–Crippen LogP) is 1.97. The van der Waals surface area contributed by atoms with E-state index >= 15 is 0 Å². The number of benzene rings is 1. The van der Waals surface area contributed by atoms with Crippen LogP contribution in [-0.4, -0.2) is 14.8 Å². The van der Waals surface area contributed by atoms with Crippen molar-refractivity contribution in [2.24, 2.45) is 5.73 Å². The maximum atomic E-state index is 6.27. The number of nitrogens with zero attached hydrogens (tertiary/aromatic N) is 3. The van der Waals surface area contributed by atoms with Crippen molar-refractivity contribution in [3.63, 3.8) is 0 Å². The van der Waals surface area contributed by atoms with E-state index in [4.69, 9.17) is 5.73 Å². The number of rotatable bonds is 3. The lowest BCUT2D eigenvalue weighted by Crippen LogP contribution is -2.18. The third kappa shape index (κ3) is 1.85. The fraction of sp³-hybridized carbons (Fsp3) is 0.385. The fourth-order valence-corrected chi connectivity index (χ4v) is 2.19. The van der Waals surface area contributed by atoms with E-state index in [2.05, 4.69) is 14.8 Å². The first-order chi connectivity index (χ1) is 8.27. The summed E-state index contributed by atoms with van der Waals surface area (Å²) in [4.78, 5) is 0. The molecular weight excluding hydrogens is 212 g/mol. The van der Waals surface area contributed by atoms with Gasteiger partial charge in [0.15, 0.2) is 5.82 Å². The molecule has 0 spiro atoms. The third-order valence-electron chi connectivity index (χ3n) is 3.24. The summed E-state index contributed by atoms with van der Waals surface area (Å²) in [5.74, 6) is 1.85. The lowest BCUT2D eigenvalue weighted by atomic mass is 10.1. The highest BCUT2D eigenvalue weighted by Gasteiger charge is 2.30. The van der Waals surface area contributed by atoms with Crippen LogP contribution in [0.5, 0.6) is 0 Å². The molecule has 1 saturated carbocycles. The molecule has 1 aliphatic carbocycles. The number of nitrogens with two attached hydrogens (primary N) is 1. The Bertz CT molecular complexity index is 513. The highest BCUT2D eigenvalue weighted by atomic mass is 15.3. The number of hydrogen-bond donors (Lipinski definition) is 1. The van der Waals surface area contributed by atoms with Crippen LogP contribution in [0.3, 0.4) is 0 Å². The summed E-state index contributed by atoms with van der Waals surface area (Å²) < 4.78 is 2.19. The number of aryl methyl sites for hydroxylation is 1. The molecule has 1 aromatic heterocycles. The first-order valence-corrected chi connectivity index (χ1v) is 5.99. The summed E-state index contributed by atoms with van der Waals surface area (Å²) in [6, 6.07) is 10.4. The average Bonchev–Trinajstić information content (AvgIpc) is 3.13. The maximum absolute atomic E-state index is 6.27. The molecule has 1 unspecified atom stereocenters. The van der Waals surface area contributed by atoms with Gasteiger partial charge >= 0.3 is 0 Å². The molecule has 1 heterocycles. The van der Waals surface area contributed by atoms with Crippen LogP contribution in [0.1, 0.15) is 42.1 Å². The summed E-state index contributed by atoms with van der Waals surface area (Å²) in [5.41, 5.74) is 7.36. The van der Waals surface area contributed by atoms with Gasteiger partial charge in [0, 0.05) is 6.04 Å². The Morgan fingerprint density at radius 2 is 1.94 bits per heavy atom. The summed E-state index contributed by atoms with van der Waals surface area (Å²) in [7, 11) is 0.